The van der Waals surface area contributed by atoms with E-state index in [2.05, 4.69) is 15.4 Å². The van der Waals surface area contributed by atoms with E-state index in [-0.39, 0.29) is 5.91 Å². The van der Waals surface area contributed by atoms with Crippen LogP contribution in [0.2, 0.25) is 0 Å². The van der Waals surface area contributed by atoms with Crippen LogP contribution in [0.3, 0.4) is 0 Å². The predicted molar refractivity (Wildman–Crippen MR) is 148 cm³/mol. The van der Waals surface area contributed by atoms with E-state index in [0.717, 1.165) is 12.8 Å². The van der Waals surface area contributed by atoms with E-state index in [1.165, 1.54) is 6.20 Å². The first kappa shape index (κ1) is 28.1. The smallest absolute Gasteiger partial charge is 0.404 e. The minimum absolute atomic E-state index is 0.150. The maximum absolute atomic E-state index is 12.4. The maximum atomic E-state index is 12.4. The monoisotopic (exact) mass is 569 g/mol. The highest BCUT2D eigenvalue weighted by molar-refractivity contribution is 6.10. The SMILES string of the molecule is NC=C(C=NC1(CN)CN(C(=O)CC2CC2)C1)c1cnn2c(-c3cccc(NC(=O)NCC(F)(F)F)c3)cnc2c1. The molecule has 1 saturated heterocycles. The van der Waals surface area contributed by atoms with Gasteiger partial charge in [-0.25, -0.2) is 14.3 Å². The Labute approximate surface area is 233 Å². The van der Waals surface area contributed by atoms with Crippen molar-refractivity contribution in [1.82, 2.24) is 24.8 Å². The van der Waals surface area contributed by atoms with Gasteiger partial charge in [0.05, 0.1) is 18.1 Å². The quantitative estimate of drug-likeness (QED) is 0.291. The van der Waals surface area contributed by atoms with Crippen LogP contribution in [0, 0.1) is 5.92 Å². The normalized spacial score (nSPS) is 17.1. The Balaban J connectivity index is 1.27. The predicted octanol–water partition coefficient (Wildman–Crippen LogP) is 2.79. The second kappa shape index (κ2) is 11.2. The molecule has 3 amide bonds. The molecule has 1 aliphatic carbocycles. The van der Waals surface area contributed by atoms with Gasteiger partial charge in [0.15, 0.2) is 5.65 Å². The van der Waals surface area contributed by atoms with Gasteiger partial charge in [0.2, 0.25) is 5.91 Å². The van der Waals surface area contributed by atoms with Gasteiger partial charge in [-0.3, -0.25) is 9.79 Å². The number of carbonyl (C=O) groups excluding carboxylic acids is 2. The number of aromatic nitrogens is 3. The number of aliphatic imine (C=N–C) groups is 1. The van der Waals surface area contributed by atoms with E-state index >= 15 is 0 Å². The van der Waals surface area contributed by atoms with Crippen LogP contribution in [0.5, 0.6) is 0 Å². The summed E-state index contributed by atoms with van der Waals surface area (Å²) in [4.78, 5) is 35.1. The van der Waals surface area contributed by atoms with Gasteiger partial charge < -0.3 is 27.0 Å². The minimum atomic E-state index is -4.51. The molecular formula is C27H30F3N9O2. The number of rotatable bonds is 9. The van der Waals surface area contributed by atoms with E-state index < -0.39 is 24.3 Å². The topological polar surface area (TPSA) is 156 Å². The number of likely N-dealkylation sites (tertiary alicyclic amines) is 1. The summed E-state index contributed by atoms with van der Waals surface area (Å²) in [6.07, 6.45) is 4.59. The molecule has 41 heavy (non-hydrogen) atoms. The molecule has 1 saturated carbocycles. The van der Waals surface area contributed by atoms with Crippen molar-refractivity contribution in [2.24, 2.45) is 22.4 Å². The molecule has 11 nitrogen and oxygen atoms in total. The summed E-state index contributed by atoms with van der Waals surface area (Å²) in [6, 6.07) is 7.39. The summed E-state index contributed by atoms with van der Waals surface area (Å²) in [5.74, 6) is 0.673. The summed E-state index contributed by atoms with van der Waals surface area (Å²) in [6.45, 7) is -0.189. The lowest BCUT2D eigenvalue weighted by atomic mass is 9.90. The highest BCUT2D eigenvalue weighted by atomic mass is 19.4. The average molecular weight is 570 g/mol. The number of nitrogens with zero attached hydrogens (tertiary/aromatic N) is 5. The lowest BCUT2D eigenvalue weighted by Gasteiger charge is -2.47. The van der Waals surface area contributed by atoms with E-state index in [4.69, 9.17) is 16.5 Å². The first-order valence-corrected chi connectivity index (χ1v) is 13.1. The molecular weight excluding hydrogens is 539 g/mol. The van der Waals surface area contributed by atoms with Gasteiger partial charge in [-0.2, -0.15) is 18.3 Å². The number of nitrogens with one attached hydrogen (secondary N) is 2. The summed E-state index contributed by atoms with van der Waals surface area (Å²) >= 11 is 0. The number of hydrogen-bond acceptors (Lipinski definition) is 7. The zero-order valence-electron chi connectivity index (χ0n) is 22.1. The highest BCUT2D eigenvalue weighted by Gasteiger charge is 2.44. The van der Waals surface area contributed by atoms with Crippen LogP contribution < -0.4 is 22.1 Å². The van der Waals surface area contributed by atoms with Gasteiger partial charge in [-0.05, 0) is 37.0 Å². The fourth-order valence-electron chi connectivity index (χ4n) is 4.57. The molecule has 0 bridgehead atoms. The molecule has 216 valence electrons. The molecule has 2 fully saturated rings. The van der Waals surface area contributed by atoms with Gasteiger partial charge in [0.25, 0.3) is 0 Å². The largest absolute Gasteiger partial charge is 0.405 e. The van der Waals surface area contributed by atoms with Gasteiger partial charge in [0, 0.05) is 60.9 Å². The molecule has 0 atom stereocenters. The van der Waals surface area contributed by atoms with Crippen molar-refractivity contribution in [3.63, 3.8) is 0 Å². The van der Waals surface area contributed by atoms with Crippen molar-refractivity contribution in [2.45, 2.75) is 31.0 Å². The number of alkyl halides is 3. The van der Waals surface area contributed by atoms with Crippen molar-refractivity contribution >= 4 is 35.1 Å². The number of hydrogen-bond donors (Lipinski definition) is 4. The van der Waals surface area contributed by atoms with E-state index in [1.54, 1.807) is 63.7 Å². The van der Waals surface area contributed by atoms with Crippen LogP contribution in [0.4, 0.5) is 23.7 Å². The van der Waals surface area contributed by atoms with Crippen molar-refractivity contribution < 1.29 is 22.8 Å². The summed E-state index contributed by atoms with van der Waals surface area (Å²) in [7, 11) is 0. The Morgan fingerprint density at radius 3 is 2.66 bits per heavy atom. The van der Waals surface area contributed by atoms with Crippen LogP contribution >= 0.6 is 0 Å². The lowest BCUT2D eigenvalue weighted by molar-refractivity contribution is -0.138. The van der Waals surface area contributed by atoms with Crippen LogP contribution in [-0.4, -0.2) is 75.5 Å². The molecule has 14 heteroatoms. The number of carbonyl (C=O) groups is 2. The standard InChI is InChI=1S/C27H30F3N9O2/c28-27(29,30)14-34-25(41)37-21-3-1-2-18(7-21)22-12-33-23-8-19(11-36-39(22)23)20(9-31)10-35-26(13-32)15-38(16-26)24(40)6-17-4-5-17/h1-3,7-12,17H,4-6,13-16,31-32H2,(H2,34,37,41). The van der Waals surface area contributed by atoms with E-state index in [9.17, 15) is 22.8 Å². The summed E-state index contributed by atoms with van der Waals surface area (Å²) in [5, 5.41) is 8.65. The van der Waals surface area contributed by atoms with Crippen molar-refractivity contribution in [1.29, 1.82) is 0 Å². The number of urea groups is 1. The molecule has 2 aliphatic rings. The molecule has 0 spiro atoms. The zero-order chi connectivity index (χ0) is 29.2. The number of nitrogens with two attached hydrogens (primary N) is 2. The van der Waals surface area contributed by atoms with E-state index in [0.29, 0.717) is 65.7 Å². The molecule has 3 aromatic rings. The fourth-order valence-corrected chi connectivity index (χ4v) is 4.57. The Hall–Kier alpha value is -4.46. The Kier molecular flexibility index (Phi) is 7.67. The average Bonchev–Trinajstić information content (AvgIpc) is 3.63. The Bertz CT molecular complexity index is 1510. The molecule has 0 unspecified atom stereocenters. The number of imidazole rings is 1. The number of benzene rings is 1. The maximum Gasteiger partial charge on any atom is 0.405 e. The van der Waals surface area contributed by atoms with Crippen LogP contribution in [0.1, 0.15) is 24.8 Å². The van der Waals surface area contributed by atoms with Crippen LogP contribution in [0.15, 0.2) is 53.9 Å². The van der Waals surface area contributed by atoms with Gasteiger partial charge in [-0.1, -0.05) is 12.1 Å². The highest BCUT2D eigenvalue weighted by Crippen LogP contribution is 2.35. The second-order valence-electron chi connectivity index (χ2n) is 10.4. The van der Waals surface area contributed by atoms with Crippen molar-refractivity contribution in [3.8, 4) is 11.3 Å². The van der Waals surface area contributed by atoms with Gasteiger partial charge in [-0.15, -0.1) is 0 Å². The number of allylic oxidation sites excluding steroid dienone is 1. The molecule has 6 N–H and O–H groups in total. The minimum Gasteiger partial charge on any atom is -0.404 e. The van der Waals surface area contributed by atoms with Crippen LogP contribution in [0.25, 0.3) is 22.5 Å². The number of fused-ring (bicyclic) bond motifs is 1. The van der Waals surface area contributed by atoms with Gasteiger partial charge in [0.1, 0.15) is 12.1 Å². The summed E-state index contributed by atoms with van der Waals surface area (Å²) in [5.41, 5.74) is 14.7. The summed E-state index contributed by atoms with van der Waals surface area (Å²) < 4.78 is 38.7. The number of anilines is 1. The number of amides is 3. The van der Waals surface area contributed by atoms with Crippen molar-refractivity contribution in [3.05, 3.63) is 54.5 Å². The third kappa shape index (κ3) is 6.65. The Morgan fingerprint density at radius 1 is 1.20 bits per heavy atom. The zero-order valence-corrected chi connectivity index (χ0v) is 22.1. The second-order valence-corrected chi connectivity index (χ2v) is 10.4. The first-order valence-electron chi connectivity index (χ1n) is 13.1. The van der Waals surface area contributed by atoms with E-state index in [1.807, 2.05) is 0 Å². The molecule has 1 aromatic carbocycles. The van der Waals surface area contributed by atoms with Crippen LogP contribution in [-0.2, 0) is 4.79 Å². The van der Waals surface area contributed by atoms with Gasteiger partial charge >= 0.3 is 12.2 Å². The molecule has 2 aromatic heterocycles. The molecule has 1 aliphatic heterocycles. The Morgan fingerprint density at radius 2 is 1.98 bits per heavy atom. The first-order chi connectivity index (χ1) is 19.6. The lowest BCUT2D eigenvalue weighted by Crippen LogP contribution is -2.65. The third-order valence-electron chi connectivity index (χ3n) is 7.08. The molecule has 0 radical (unpaired) electrons. The van der Waals surface area contributed by atoms with Crippen molar-refractivity contribution in [2.75, 3.05) is 31.5 Å². The fraction of sp³-hybridized carbons (Fsp3) is 0.370. The third-order valence-corrected chi connectivity index (χ3v) is 7.08. The molecule has 3 heterocycles. The molecule has 5 rings (SSSR count). The number of halogens is 3.